The molecule has 1 unspecified atom stereocenters. The summed E-state index contributed by atoms with van der Waals surface area (Å²) in [4.78, 5) is 4.52. The first-order valence-electron chi connectivity index (χ1n) is 7.09. The number of aromatic nitrogens is 2. The van der Waals surface area contributed by atoms with Gasteiger partial charge in [-0.1, -0.05) is 18.5 Å². The lowest BCUT2D eigenvalue weighted by molar-refractivity contribution is 0.241. The van der Waals surface area contributed by atoms with E-state index in [-0.39, 0.29) is 11.4 Å². The van der Waals surface area contributed by atoms with Crippen LogP contribution in [-0.2, 0) is 5.54 Å². The average molecular weight is 275 g/mol. The van der Waals surface area contributed by atoms with E-state index in [4.69, 9.17) is 4.52 Å². The second kappa shape index (κ2) is 5.32. The van der Waals surface area contributed by atoms with E-state index in [9.17, 15) is 4.39 Å². The summed E-state index contributed by atoms with van der Waals surface area (Å²) in [5, 5.41) is 7.54. The van der Waals surface area contributed by atoms with Crippen LogP contribution < -0.4 is 5.32 Å². The van der Waals surface area contributed by atoms with Crippen LogP contribution in [0, 0.1) is 5.82 Å². The molecule has 2 aromatic rings. The summed E-state index contributed by atoms with van der Waals surface area (Å²) in [6.45, 7) is 3.13. The third-order valence-electron chi connectivity index (χ3n) is 3.86. The van der Waals surface area contributed by atoms with E-state index < -0.39 is 0 Å². The maximum absolute atomic E-state index is 12.9. The van der Waals surface area contributed by atoms with Crippen LogP contribution in [0.2, 0.25) is 0 Å². The van der Waals surface area contributed by atoms with Crippen molar-refractivity contribution in [2.24, 2.45) is 0 Å². The fourth-order valence-electron chi connectivity index (χ4n) is 2.87. The average Bonchev–Trinajstić information content (AvgIpc) is 3.09. The smallest absolute Gasteiger partial charge is 0.247 e. The summed E-state index contributed by atoms with van der Waals surface area (Å²) in [6.07, 6.45) is 4.18. The minimum atomic E-state index is -0.266. The van der Waals surface area contributed by atoms with E-state index in [0.29, 0.717) is 11.7 Å². The Balaban J connectivity index is 1.91. The molecule has 1 fully saturated rings. The molecular formula is C15H18FN3O. The number of benzene rings is 1. The Hall–Kier alpha value is -1.75. The van der Waals surface area contributed by atoms with E-state index in [2.05, 4.69) is 22.4 Å². The maximum atomic E-state index is 12.9. The van der Waals surface area contributed by atoms with Gasteiger partial charge in [0.15, 0.2) is 0 Å². The first-order valence-corrected chi connectivity index (χ1v) is 7.09. The van der Waals surface area contributed by atoms with Gasteiger partial charge in [0.25, 0.3) is 0 Å². The van der Waals surface area contributed by atoms with Crippen molar-refractivity contribution in [2.75, 3.05) is 6.54 Å². The molecule has 106 valence electrons. The molecule has 0 saturated carbocycles. The van der Waals surface area contributed by atoms with Crippen molar-refractivity contribution in [3.63, 3.8) is 0 Å². The molecule has 4 nitrogen and oxygen atoms in total. The van der Waals surface area contributed by atoms with Crippen LogP contribution in [0.5, 0.6) is 0 Å². The van der Waals surface area contributed by atoms with E-state index in [1.807, 2.05) is 0 Å². The van der Waals surface area contributed by atoms with Gasteiger partial charge in [0, 0.05) is 5.56 Å². The van der Waals surface area contributed by atoms with E-state index in [1.54, 1.807) is 12.1 Å². The van der Waals surface area contributed by atoms with Crippen molar-refractivity contribution in [1.82, 2.24) is 15.5 Å². The summed E-state index contributed by atoms with van der Waals surface area (Å²) >= 11 is 0. The van der Waals surface area contributed by atoms with Crippen LogP contribution in [0.15, 0.2) is 28.8 Å². The molecule has 1 atom stereocenters. The first-order chi connectivity index (χ1) is 9.73. The predicted molar refractivity (Wildman–Crippen MR) is 73.5 cm³/mol. The van der Waals surface area contributed by atoms with Gasteiger partial charge < -0.3 is 9.84 Å². The summed E-state index contributed by atoms with van der Waals surface area (Å²) in [6, 6.07) is 6.14. The second-order valence-electron chi connectivity index (χ2n) is 5.29. The molecule has 5 heteroatoms. The van der Waals surface area contributed by atoms with Crippen molar-refractivity contribution < 1.29 is 8.91 Å². The molecule has 0 bridgehead atoms. The van der Waals surface area contributed by atoms with Crippen molar-refractivity contribution in [3.8, 4) is 11.4 Å². The third kappa shape index (κ3) is 2.33. The lowest BCUT2D eigenvalue weighted by atomic mass is 9.92. The number of nitrogens with one attached hydrogen (secondary N) is 1. The molecule has 0 amide bonds. The zero-order chi connectivity index (χ0) is 14.0. The lowest BCUT2D eigenvalue weighted by Gasteiger charge is -2.24. The highest BCUT2D eigenvalue weighted by atomic mass is 19.1. The molecule has 1 saturated heterocycles. The Morgan fingerprint density at radius 2 is 2.15 bits per heavy atom. The monoisotopic (exact) mass is 275 g/mol. The van der Waals surface area contributed by atoms with Crippen LogP contribution in [-0.4, -0.2) is 16.7 Å². The largest absolute Gasteiger partial charge is 0.337 e. The molecule has 0 spiro atoms. The van der Waals surface area contributed by atoms with Crippen molar-refractivity contribution >= 4 is 0 Å². The van der Waals surface area contributed by atoms with E-state index in [1.165, 1.54) is 12.1 Å². The number of hydrogen-bond acceptors (Lipinski definition) is 4. The minimum absolute atomic E-state index is 0.181. The highest BCUT2D eigenvalue weighted by Crippen LogP contribution is 2.35. The van der Waals surface area contributed by atoms with Crippen LogP contribution in [0.3, 0.4) is 0 Å². The number of nitrogens with zero attached hydrogens (tertiary/aromatic N) is 2. The zero-order valence-electron chi connectivity index (χ0n) is 11.5. The fourth-order valence-corrected chi connectivity index (χ4v) is 2.87. The minimum Gasteiger partial charge on any atom is -0.337 e. The Morgan fingerprint density at radius 1 is 1.35 bits per heavy atom. The van der Waals surface area contributed by atoms with Gasteiger partial charge in [-0.2, -0.15) is 4.98 Å². The Labute approximate surface area is 117 Å². The van der Waals surface area contributed by atoms with Crippen LogP contribution >= 0.6 is 0 Å². The van der Waals surface area contributed by atoms with Gasteiger partial charge >= 0.3 is 0 Å². The molecule has 1 aromatic carbocycles. The maximum Gasteiger partial charge on any atom is 0.247 e. The van der Waals surface area contributed by atoms with Gasteiger partial charge in [-0.05, 0) is 50.1 Å². The SMILES string of the molecule is CCCC1(c2nc(-c3ccc(F)cc3)no2)CCCN1. The summed E-state index contributed by atoms with van der Waals surface area (Å²) < 4.78 is 18.4. The Bertz CT molecular complexity index is 573. The summed E-state index contributed by atoms with van der Waals surface area (Å²) in [5.74, 6) is 0.901. The van der Waals surface area contributed by atoms with E-state index in [0.717, 1.165) is 37.8 Å². The van der Waals surface area contributed by atoms with Crippen LogP contribution in [0.4, 0.5) is 4.39 Å². The van der Waals surface area contributed by atoms with Crippen molar-refractivity contribution in [2.45, 2.75) is 38.1 Å². The molecule has 3 rings (SSSR count). The van der Waals surface area contributed by atoms with Crippen LogP contribution in [0.25, 0.3) is 11.4 Å². The van der Waals surface area contributed by atoms with Gasteiger partial charge in [0.05, 0.1) is 5.54 Å². The summed E-state index contributed by atoms with van der Waals surface area (Å²) in [5.41, 5.74) is 0.589. The highest BCUT2D eigenvalue weighted by molar-refractivity contribution is 5.53. The molecule has 0 radical (unpaired) electrons. The topological polar surface area (TPSA) is 51.0 Å². The fraction of sp³-hybridized carbons (Fsp3) is 0.467. The van der Waals surface area contributed by atoms with E-state index >= 15 is 0 Å². The first kappa shape index (κ1) is 13.2. The number of halogens is 1. The molecule has 0 aliphatic carbocycles. The molecule has 1 aromatic heterocycles. The van der Waals surface area contributed by atoms with Crippen molar-refractivity contribution in [1.29, 1.82) is 0 Å². The van der Waals surface area contributed by atoms with Gasteiger partial charge in [-0.3, -0.25) is 0 Å². The predicted octanol–water partition coefficient (Wildman–Crippen LogP) is 3.25. The van der Waals surface area contributed by atoms with Gasteiger partial charge in [-0.15, -0.1) is 0 Å². The Morgan fingerprint density at radius 3 is 2.80 bits per heavy atom. The Kier molecular flexibility index (Phi) is 3.53. The second-order valence-corrected chi connectivity index (χ2v) is 5.29. The zero-order valence-corrected chi connectivity index (χ0v) is 11.5. The quantitative estimate of drug-likeness (QED) is 0.930. The molecule has 20 heavy (non-hydrogen) atoms. The molecule has 1 aliphatic heterocycles. The molecule has 2 heterocycles. The number of rotatable bonds is 4. The van der Waals surface area contributed by atoms with Gasteiger partial charge in [-0.25, -0.2) is 4.39 Å². The van der Waals surface area contributed by atoms with Gasteiger partial charge in [0.1, 0.15) is 5.82 Å². The van der Waals surface area contributed by atoms with Crippen molar-refractivity contribution in [3.05, 3.63) is 36.0 Å². The lowest BCUT2D eigenvalue weighted by Crippen LogP contribution is -2.36. The van der Waals surface area contributed by atoms with Gasteiger partial charge in [0.2, 0.25) is 11.7 Å². The number of hydrogen-bond donors (Lipinski definition) is 1. The molecule has 1 N–H and O–H groups in total. The molecular weight excluding hydrogens is 257 g/mol. The standard InChI is InChI=1S/C15H18FN3O/c1-2-8-15(9-3-10-17-15)14-18-13(19-20-14)11-4-6-12(16)7-5-11/h4-7,17H,2-3,8-10H2,1H3. The molecule has 1 aliphatic rings. The summed E-state index contributed by atoms with van der Waals surface area (Å²) in [7, 11) is 0. The van der Waals surface area contributed by atoms with Crippen LogP contribution in [0.1, 0.15) is 38.5 Å². The highest BCUT2D eigenvalue weighted by Gasteiger charge is 2.39. The normalized spacial score (nSPS) is 22.3. The third-order valence-corrected chi connectivity index (χ3v) is 3.86.